The van der Waals surface area contributed by atoms with Crippen molar-refractivity contribution in [1.29, 1.82) is 0 Å². The predicted molar refractivity (Wildman–Crippen MR) is 101 cm³/mol. The summed E-state index contributed by atoms with van der Waals surface area (Å²) >= 11 is 12.5. The molecule has 1 saturated heterocycles. The second-order valence-corrected chi connectivity index (χ2v) is 7.01. The number of para-hydroxylation sites is 1. The maximum Gasteiger partial charge on any atom is 0.256 e. The van der Waals surface area contributed by atoms with Crippen molar-refractivity contribution in [1.82, 2.24) is 10.6 Å². The van der Waals surface area contributed by atoms with E-state index in [1.54, 1.807) is 30.3 Å². The minimum atomic E-state index is -0.230. The fraction of sp³-hybridized carbons (Fsp3) is 0.316. The molecule has 2 aromatic rings. The highest BCUT2D eigenvalue weighted by Crippen LogP contribution is 2.34. The summed E-state index contributed by atoms with van der Waals surface area (Å²) in [4.78, 5) is 12.8. The van der Waals surface area contributed by atoms with Crippen LogP contribution in [0.4, 0.5) is 0 Å². The van der Waals surface area contributed by atoms with Crippen molar-refractivity contribution in [2.75, 3.05) is 13.1 Å². The fourth-order valence-corrected chi connectivity index (χ4v) is 3.35. The Bertz CT molecular complexity index is 767. The van der Waals surface area contributed by atoms with Gasteiger partial charge in [0.1, 0.15) is 17.1 Å². The number of carbonyl (C=O) groups is 1. The molecule has 4 nitrogen and oxygen atoms in total. The maximum absolute atomic E-state index is 12.8. The Morgan fingerprint density at radius 3 is 2.60 bits per heavy atom. The molecule has 1 heterocycles. The van der Waals surface area contributed by atoms with Crippen molar-refractivity contribution in [2.24, 2.45) is 5.92 Å². The second-order valence-electron chi connectivity index (χ2n) is 6.20. The van der Waals surface area contributed by atoms with Crippen LogP contribution in [0.15, 0.2) is 42.5 Å². The van der Waals surface area contributed by atoms with Gasteiger partial charge >= 0.3 is 0 Å². The predicted octanol–water partition coefficient (Wildman–Crippen LogP) is 4.51. The third-order valence-electron chi connectivity index (χ3n) is 4.36. The third-order valence-corrected chi connectivity index (χ3v) is 4.99. The van der Waals surface area contributed by atoms with E-state index in [1.165, 1.54) is 0 Å². The highest BCUT2D eigenvalue weighted by molar-refractivity contribution is 6.34. The van der Waals surface area contributed by atoms with Gasteiger partial charge in [-0.3, -0.25) is 4.79 Å². The molecule has 0 bridgehead atoms. The molecule has 25 heavy (non-hydrogen) atoms. The smallest absolute Gasteiger partial charge is 0.256 e. The molecule has 0 aliphatic carbocycles. The molecular formula is C19H20Cl2N2O2. The Hall–Kier alpha value is -1.75. The van der Waals surface area contributed by atoms with Crippen molar-refractivity contribution in [3.05, 3.63) is 58.1 Å². The lowest BCUT2D eigenvalue weighted by Gasteiger charge is -2.30. The van der Waals surface area contributed by atoms with E-state index in [-0.39, 0.29) is 11.9 Å². The van der Waals surface area contributed by atoms with Gasteiger partial charge in [-0.15, -0.1) is 0 Å². The van der Waals surface area contributed by atoms with E-state index in [9.17, 15) is 4.79 Å². The van der Waals surface area contributed by atoms with Crippen molar-refractivity contribution < 1.29 is 9.53 Å². The first-order valence-electron chi connectivity index (χ1n) is 8.28. The summed E-state index contributed by atoms with van der Waals surface area (Å²) in [7, 11) is 0. The second kappa shape index (κ2) is 8.09. The standard InChI is InChI=1S/C19H20Cl2N2O2/c1-12-11-22-10-9-15(12)23-19(24)18-14(21)6-4-8-17(18)25-16-7-3-2-5-13(16)20/h2-8,12,15,22H,9-11H2,1H3,(H,23,24). The number of piperidine rings is 1. The topological polar surface area (TPSA) is 50.4 Å². The van der Waals surface area contributed by atoms with E-state index in [4.69, 9.17) is 27.9 Å². The quantitative estimate of drug-likeness (QED) is 0.822. The largest absolute Gasteiger partial charge is 0.455 e. The Morgan fingerprint density at radius 2 is 1.84 bits per heavy atom. The van der Waals surface area contributed by atoms with Crippen LogP contribution in [0.3, 0.4) is 0 Å². The van der Waals surface area contributed by atoms with Gasteiger partial charge in [-0.2, -0.15) is 0 Å². The molecule has 1 fully saturated rings. The number of hydrogen-bond acceptors (Lipinski definition) is 3. The zero-order chi connectivity index (χ0) is 17.8. The van der Waals surface area contributed by atoms with Crippen LogP contribution in [-0.4, -0.2) is 25.0 Å². The molecule has 1 amide bonds. The van der Waals surface area contributed by atoms with E-state index in [1.807, 2.05) is 12.1 Å². The highest BCUT2D eigenvalue weighted by Gasteiger charge is 2.25. The molecule has 0 saturated carbocycles. The Labute approximate surface area is 157 Å². The molecular weight excluding hydrogens is 359 g/mol. The molecule has 0 aromatic heterocycles. The summed E-state index contributed by atoms with van der Waals surface area (Å²) in [5.74, 6) is 0.995. The van der Waals surface area contributed by atoms with Gasteiger partial charge in [0.25, 0.3) is 5.91 Å². The molecule has 3 rings (SSSR count). The van der Waals surface area contributed by atoms with Gasteiger partial charge in [-0.25, -0.2) is 0 Å². The number of halogens is 2. The minimum absolute atomic E-state index is 0.109. The lowest BCUT2D eigenvalue weighted by Crippen LogP contribution is -2.48. The van der Waals surface area contributed by atoms with Crippen LogP contribution in [0.1, 0.15) is 23.7 Å². The van der Waals surface area contributed by atoms with Crippen molar-refractivity contribution in [3.63, 3.8) is 0 Å². The van der Waals surface area contributed by atoms with Crippen LogP contribution in [0.25, 0.3) is 0 Å². The molecule has 2 atom stereocenters. The first kappa shape index (κ1) is 18.1. The summed E-state index contributed by atoms with van der Waals surface area (Å²) in [5.41, 5.74) is 0.329. The van der Waals surface area contributed by atoms with Gasteiger partial charge in [0.15, 0.2) is 0 Å². The Balaban J connectivity index is 1.85. The van der Waals surface area contributed by atoms with E-state index < -0.39 is 0 Å². The number of benzene rings is 2. The Kier molecular flexibility index (Phi) is 5.84. The first-order valence-corrected chi connectivity index (χ1v) is 9.04. The average molecular weight is 379 g/mol. The van der Waals surface area contributed by atoms with E-state index in [2.05, 4.69) is 17.6 Å². The number of hydrogen-bond donors (Lipinski definition) is 2. The van der Waals surface area contributed by atoms with Crippen molar-refractivity contribution >= 4 is 29.1 Å². The van der Waals surface area contributed by atoms with Crippen molar-refractivity contribution in [2.45, 2.75) is 19.4 Å². The molecule has 6 heteroatoms. The normalized spacial score (nSPS) is 20.1. The highest BCUT2D eigenvalue weighted by atomic mass is 35.5. The maximum atomic E-state index is 12.8. The zero-order valence-corrected chi connectivity index (χ0v) is 15.4. The van der Waals surface area contributed by atoms with Gasteiger partial charge < -0.3 is 15.4 Å². The number of rotatable bonds is 4. The zero-order valence-electron chi connectivity index (χ0n) is 13.9. The Morgan fingerprint density at radius 1 is 1.12 bits per heavy atom. The molecule has 0 spiro atoms. The molecule has 1 aliphatic heterocycles. The summed E-state index contributed by atoms with van der Waals surface area (Å²) in [5, 5.41) is 7.24. The summed E-state index contributed by atoms with van der Waals surface area (Å²) in [6, 6.07) is 12.4. The third kappa shape index (κ3) is 4.27. The molecule has 2 N–H and O–H groups in total. The number of nitrogens with one attached hydrogen (secondary N) is 2. The van der Waals surface area contributed by atoms with E-state index in [0.29, 0.717) is 33.0 Å². The molecule has 1 aliphatic rings. The SMILES string of the molecule is CC1CNCCC1NC(=O)c1c(Cl)cccc1Oc1ccccc1Cl. The number of ether oxygens (including phenoxy) is 1. The van der Waals surface area contributed by atoms with Gasteiger partial charge in [-0.1, -0.05) is 48.3 Å². The van der Waals surface area contributed by atoms with Crippen molar-refractivity contribution in [3.8, 4) is 11.5 Å². The van der Waals surface area contributed by atoms with Gasteiger partial charge in [0, 0.05) is 6.04 Å². The molecule has 2 aromatic carbocycles. The van der Waals surface area contributed by atoms with Crippen LogP contribution in [-0.2, 0) is 0 Å². The first-order chi connectivity index (χ1) is 12.1. The van der Waals surface area contributed by atoms with Crippen LogP contribution < -0.4 is 15.4 Å². The minimum Gasteiger partial charge on any atom is -0.455 e. The summed E-state index contributed by atoms with van der Waals surface area (Å²) < 4.78 is 5.87. The lowest BCUT2D eigenvalue weighted by atomic mass is 9.95. The van der Waals surface area contributed by atoms with Crippen LogP contribution in [0.5, 0.6) is 11.5 Å². The molecule has 0 radical (unpaired) electrons. The monoisotopic (exact) mass is 378 g/mol. The van der Waals surface area contributed by atoms with Gasteiger partial charge in [-0.05, 0) is 49.7 Å². The van der Waals surface area contributed by atoms with Gasteiger partial charge in [0.05, 0.1) is 10.0 Å². The van der Waals surface area contributed by atoms with Crippen LogP contribution in [0, 0.1) is 5.92 Å². The fourth-order valence-electron chi connectivity index (χ4n) is 2.92. The molecule has 132 valence electrons. The lowest BCUT2D eigenvalue weighted by molar-refractivity contribution is 0.0912. The van der Waals surface area contributed by atoms with Crippen LogP contribution in [0.2, 0.25) is 10.0 Å². The van der Waals surface area contributed by atoms with Gasteiger partial charge in [0.2, 0.25) is 0 Å². The summed E-state index contributed by atoms with van der Waals surface area (Å²) in [6.07, 6.45) is 0.887. The molecule has 2 unspecified atom stereocenters. The number of carbonyl (C=O) groups excluding carboxylic acids is 1. The van der Waals surface area contributed by atoms with Crippen LogP contribution >= 0.6 is 23.2 Å². The van der Waals surface area contributed by atoms with E-state index >= 15 is 0 Å². The average Bonchev–Trinajstić information content (AvgIpc) is 2.59. The summed E-state index contributed by atoms with van der Waals surface area (Å²) in [6.45, 7) is 3.89. The van der Waals surface area contributed by atoms with E-state index in [0.717, 1.165) is 19.5 Å². The number of amides is 1.